The number of hydrogen-bond donors (Lipinski definition) is 2. The topological polar surface area (TPSA) is 139 Å². The van der Waals surface area contributed by atoms with Crippen LogP contribution in [0.3, 0.4) is 0 Å². The fourth-order valence-electron chi connectivity index (χ4n) is 4.08. The fraction of sp³-hybridized carbons (Fsp3) is 0.370. The van der Waals surface area contributed by atoms with Crippen molar-refractivity contribution in [2.24, 2.45) is 5.92 Å². The predicted octanol–water partition coefficient (Wildman–Crippen LogP) is 2.46. The van der Waals surface area contributed by atoms with E-state index in [2.05, 4.69) is 10.1 Å². The highest BCUT2D eigenvalue weighted by atomic mass is 19.4. The van der Waals surface area contributed by atoms with Crippen LogP contribution in [-0.4, -0.2) is 78.3 Å². The molecule has 0 bridgehead atoms. The van der Waals surface area contributed by atoms with Crippen LogP contribution in [0.2, 0.25) is 0 Å². The predicted molar refractivity (Wildman–Crippen MR) is 132 cm³/mol. The molecular formula is C27H23F7N2O8. The minimum absolute atomic E-state index is 0.0866. The number of nitrogens with zero attached hydrogens (tertiary/aromatic N) is 1. The van der Waals surface area contributed by atoms with Crippen LogP contribution in [0, 0.1) is 29.2 Å². The van der Waals surface area contributed by atoms with Crippen LogP contribution >= 0.6 is 0 Å². The number of nitrogens with one attached hydrogen (secondary N) is 1. The van der Waals surface area contributed by atoms with Crippen LogP contribution in [0.25, 0.3) is 0 Å². The zero-order valence-corrected chi connectivity index (χ0v) is 22.4. The van der Waals surface area contributed by atoms with E-state index in [1.165, 1.54) is 6.07 Å². The Morgan fingerprint density at radius 2 is 1.70 bits per heavy atom. The zero-order chi connectivity index (χ0) is 32.8. The highest BCUT2D eigenvalue weighted by Gasteiger charge is 2.34. The highest BCUT2D eigenvalue weighted by molar-refractivity contribution is 6.36. The number of carbonyl (C=O) groups excluding carboxylic acids is 4. The van der Waals surface area contributed by atoms with E-state index in [1.54, 1.807) is 0 Å². The van der Waals surface area contributed by atoms with E-state index in [1.807, 2.05) is 0 Å². The fourth-order valence-corrected chi connectivity index (χ4v) is 4.08. The summed E-state index contributed by atoms with van der Waals surface area (Å²) in [6, 6.07) is 1.81. The summed E-state index contributed by atoms with van der Waals surface area (Å²) < 4.78 is 103. The summed E-state index contributed by atoms with van der Waals surface area (Å²) in [4.78, 5) is 63.2. The molecule has 17 heteroatoms. The Labute approximate surface area is 243 Å². The van der Waals surface area contributed by atoms with Crippen LogP contribution < -0.4 is 10.1 Å². The summed E-state index contributed by atoms with van der Waals surface area (Å²) in [7, 11) is 0. The van der Waals surface area contributed by atoms with Gasteiger partial charge in [0.2, 0.25) is 23.3 Å². The van der Waals surface area contributed by atoms with Crippen molar-refractivity contribution in [3.63, 3.8) is 0 Å². The number of aliphatic carboxylic acids is 1. The van der Waals surface area contributed by atoms with Gasteiger partial charge < -0.3 is 24.8 Å². The molecule has 0 spiro atoms. The van der Waals surface area contributed by atoms with Gasteiger partial charge in [-0.3, -0.25) is 24.0 Å². The lowest BCUT2D eigenvalue weighted by atomic mass is 10.0. The molecule has 2 N–H and O–H groups in total. The summed E-state index contributed by atoms with van der Waals surface area (Å²) in [5, 5.41) is 11.3. The van der Waals surface area contributed by atoms with Gasteiger partial charge in [0.1, 0.15) is 12.6 Å². The molecule has 2 amide bonds. The lowest BCUT2D eigenvalue weighted by Crippen LogP contribution is -2.50. The molecule has 238 valence electrons. The number of carboxylic acid groups (broad SMARTS) is 1. The second-order valence-corrected chi connectivity index (χ2v) is 9.53. The molecule has 0 saturated carbocycles. The second-order valence-electron chi connectivity index (χ2n) is 9.53. The normalized spacial score (nSPS) is 16.1. The third-order valence-corrected chi connectivity index (χ3v) is 6.30. The Kier molecular flexibility index (Phi) is 11.0. The number of Topliss-reactive ketones (excluding diaryl/α,β-unsaturated/α-hetero) is 2. The Bertz CT molecular complexity index is 1420. The zero-order valence-electron chi connectivity index (χ0n) is 22.4. The molecule has 10 nitrogen and oxygen atoms in total. The standard InChI is InChI=1S/C27H23F7N2O8/c28-16-8-17(29)23(31)24(22(16)30)44-12-20(38)18(9-21(39)40)35-25(41)14-10-36(4-5-43-11-14)26(42)19(37)7-13-2-1-3-15(6-13)27(32,33)34/h1-3,6,8,14,18H,4-5,7,9-12H2,(H,35,41)(H,39,40)/t14-,18-/m0/s1. The molecule has 0 unspecified atom stereocenters. The molecule has 2 aromatic rings. The molecule has 44 heavy (non-hydrogen) atoms. The monoisotopic (exact) mass is 636 g/mol. The molecule has 0 aromatic heterocycles. The van der Waals surface area contributed by atoms with Crippen LogP contribution in [0.4, 0.5) is 30.7 Å². The van der Waals surface area contributed by atoms with Crippen molar-refractivity contribution in [1.29, 1.82) is 0 Å². The number of ether oxygens (including phenoxy) is 2. The Hall–Kier alpha value is -4.54. The van der Waals surface area contributed by atoms with Gasteiger partial charge in [-0.2, -0.15) is 22.0 Å². The van der Waals surface area contributed by atoms with Crippen molar-refractivity contribution < 1.29 is 69.3 Å². The maximum atomic E-state index is 13.8. The van der Waals surface area contributed by atoms with E-state index in [0.717, 1.165) is 17.0 Å². The van der Waals surface area contributed by atoms with Gasteiger partial charge >= 0.3 is 12.1 Å². The number of benzene rings is 2. The lowest BCUT2D eigenvalue weighted by molar-refractivity contribution is -0.145. The molecule has 0 aliphatic carbocycles. The summed E-state index contributed by atoms with van der Waals surface area (Å²) in [6.45, 7) is -2.49. The van der Waals surface area contributed by atoms with E-state index in [-0.39, 0.29) is 31.4 Å². The number of alkyl halides is 3. The highest BCUT2D eigenvalue weighted by Crippen LogP contribution is 2.30. The van der Waals surface area contributed by atoms with Gasteiger partial charge in [0, 0.05) is 25.6 Å². The third kappa shape index (κ3) is 8.75. The molecule has 1 saturated heterocycles. The van der Waals surface area contributed by atoms with Gasteiger partial charge in [0.05, 0.1) is 31.1 Å². The average Bonchev–Trinajstić information content (AvgIpc) is 3.21. The Morgan fingerprint density at radius 3 is 2.32 bits per heavy atom. The van der Waals surface area contributed by atoms with Gasteiger partial charge in [-0.1, -0.05) is 18.2 Å². The van der Waals surface area contributed by atoms with Crippen molar-refractivity contribution in [2.75, 3.05) is 32.9 Å². The summed E-state index contributed by atoms with van der Waals surface area (Å²) in [5.41, 5.74) is -1.11. The first kappa shape index (κ1) is 34.0. The number of hydrogen-bond acceptors (Lipinski definition) is 7. The number of carbonyl (C=O) groups is 5. The third-order valence-electron chi connectivity index (χ3n) is 6.30. The second kappa shape index (κ2) is 14.3. The quantitative estimate of drug-likeness (QED) is 0.218. The first-order valence-electron chi connectivity index (χ1n) is 12.6. The molecule has 0 radical (unpaired) electrons. The van der Waals surface area contributed by atoms with Gasteiger partial charge in [0.25, 0.3) is 5.91 Å². The van der Waals surface area contributed by atoms with Crippen LogP contribution in [-0.2, 0) is 41.3 Å². The van der Waals surface area contributed by atoms with Gasteiger partial charge in [-0.15, -0.1) is 0 Å². The van der Waals surface area contributed by atoms with Crippen molar-refractivity contribution in [3.8, 4) is 5.75 Å². The molecule has 2 atom stereocenters. The molecular weight excluding hydrogens is 613 g/mol. The first-order chi connectivity index (χ1) is 20.6. The van der Waals surface area contributed by atoms with Gasteiger partial charge in [-0.25, -0.2) is 8.78 Å². The Balaban J connectivity index is 1.67. The number of carboxylic acids is 1. The Morgan fingerprint density at radius 1 is 1.05 bits per heavy atom. The molecule has 2 aromatic carbocycles. The van der Waals surface area contributed by atoms with Crippen molar-refractivity contribution in [2.45, 2.75) is 25.1 Å². The molecule has 3 rings (SSSR count). The molecule has 1 heterocycles. The van der Waals surface area contributed by atoms with Crippen molar-refractivity contribution in [1.82, 2.24) is 10.2 Å². The SMILES string of the molecule is O=C(O)C[C@H](NC(=O)[C@@H]1COCCN(C(=O)C(=O)Cc2cccc(C(F)(F)F)c2)C1)C(=O)COc1c(F)c(F)cc(F)c1F. The molecule has 1 aliphatic rings. The minimum Gasteiger partial charge on any atom is -0.481 e. The van der Waals surface area contributed by atoms with E-state index in [9.17, 15) is 54.7 Å². The van der Waals surface area contributed by atoms with E-state index < -0.39 is 108 Å². The maximum absolute atomic E-state index is 13.8. The molecule has 1 aliphatic heterocycles. The van der Waals surface area contributed by atoms with Crippen molar-refractivity contribution >= 4 is 29.4 Å². The van der Waals surface area contributed by atoms with Crippen LogP contribution in [0.1, 0.15) is 17.5 Å². The smallest absolute Gasteiger partial charge is 0.416 e. The number of halogens is 7. The average molecular weight is 636 g/mol. The number of ketones is 2. The number of amides is 2. The number of rotatable bonds is 11. The summed E-state index contributed by atoms with van der Waals surface area (Å²) in [5.74, 6) is -16.6. The van der Waals surface area contributed by atoms with E-state index >= 15 is 0 Å². The largest absolute Gasteiger partial charge is 0.481 e. The van der Waals surface area contributed by atoms with Gasteiger partial charge in [0.15, 0.2) is 23.2 Å². The first-order valence-corrected chi connectivity index (χ1v) is 12.6. The summed E-state index contributed by atoms with van der Waals surface area (Å²) >= 11 is 0. The van der Waals surface area contributed by atoms with E-state index in [0.29, 0.717) is 6.07 Å². The van der Waals surface area contributed by atoms with Crippen molar-refractivity contribution in [3.05, 3.63) is 64.7 Å². The summed E-state index contributed by atoms with van der Waals surface area (Å²) in [6.07, 6.45) is -6.41. The van der Waals surface area contributed by atoms with Gasteiger partial charge in [-0.05, 0) is 11.6 Å². The lowest BCUT2D eigenvalue weighted by Gasteiger charge is -2.24. The van der Waals surface area contributed by atoms with E-state index in [4.69, 9.17) is 9.84 Å². The maximum Gasteiger partial charge on any atom is 0.416 e. The van der Waals surface area contributed by atoms with Crippen LogP contribution in [0.15, 0.2) is 30.3 Å². The molecule has 1 fully saturated rings. The van der Waals surface area contributed by atoms with Crippen LogP contribution in [0.5, 0.6) is 5.75 Å². The minimum atomic E-state index is -4.68.